The number of esters is 2. The molecule has 0 aliphatic carbocycles. The van der Waals surface area contributed by atoms with E-state index >= 15 is 0 Å². The number of aryl methyl sites for hydroxylation is 1. The summed E-state index contributed by atoms with van der Waals surface area (Å²) < 4.78 is 80.8. The van der Waals surface area contributed by atoms with Crippen LogP contribution in [-0.2, 0) is 26.8 Å². The SMILES string of the molecule is Nc1cc(N)cc(C(=O)OCCOC(=O)C=Cc2ccc(OC(F)(F)c3ccc(CCCCC(F)(F)F)cc3)cc2)c1. The van der Waals surface area contributed by atoms with E-state index in [1.807, 2.05) is 0 Å². The minimum absolute atomic E-state index is 0.0314. The smallest absolute Gasteiger partial charge is 0.426 e. The van der Waals surface area contributed by atoms with Gasteiger partial charge in [-0.3, -0.25) is 0 Å². The van der Waals surface area contributed by atoms with Crippen LogP contribution in [0.25, 0.3) is 6.08 Å². The molecule has 7 nitrogen and oxygen atoms in total. The third-order valence-electron chi connectivity index (χ3n) is 5.78. The molecule has 0 aromatic heterocycles. The fraction of sp³-hybridized carbons (Fsp3) is 0.267. The summed E-state index contributed by atoms with van der Waals surface area (Å²) in [6, 6.07) is 15.0. The van der Waals surface area contributed by atoms with Gasteiger partial charge in [0, 0.05) is 23.9 Å². The van der Waals surface area contributed by atoms with Gasteiger partial charge in [-0.05, 0) is 78.9 Å². The van der Waals surface area contributed by atoms with Gasteiger partial charge < -0.3 is 25.7 Å². The van der Waals surface area contributed by atoms with Gasteiger partial charge >= 0.3 is 24.2 Å². The monoisotopic (exact) mass is 592 g/mol. The fourth-order valence-corrected chi connectivity index (χ4v) is 3.74. The quantitative estimate of drug-likeness (QED) is 0.0750. The molecular formula is C30H29F5N2O5. The zero-order valence-corrected chi connectivity index (χ0v) is 22.3. The van der Waals surface area contributed by atoms with E-state index in [0.29, 0.717) is 35.3 Å². The number of carbonyl (C=O) groups excluding carboxylic acids is 2. The highest BCUT2D eigenvalue weighted by molar-refractivity contribution is 5.91. The lowest BCUT2D eigenvalue weighted by Crippen LogP contribution is -2.21. The van der Waals surface area contributed by atoms with E-state index in [4.69, 9.17) is 25.7 Å². The second kappa shape index (κ2) is 14.3. The molecule has 0 radical (unpaired) electrons. The van der Waals surface area contributed by atoms with Crippen molar-refractivity contribution in [1.82, 2.24) is 0 Å². The second-order valence-electron chi connectivity index (χ2n) is 9.23. The van der Waals surface area contributed by atoms with Crippen LogP contribution in [0, 0.1) is 0 Å². The van der Waals surface area contributed by atoms with Crippen LogP contribution in [0.15, 0.2) is 72.8 Å². The summed E-state index contributed by atoms with van der Waals surface area (Å²) in [7, 11) is 0. The lowest BCUT2D eigenvalue weighted by Gasteiger charge is -2.18. The van der Waals surface area contributed by atoms with E-state index in [1.165, 1.54) is 72.8 Å². The number of benzene rings is 3. The van der Waals surface area contributed by atoms with Crippen molar-refractivity contribution >= 4 is 29.4 Å². The predicted molar refractivity (Wildman–Crippen MR) is 147 cm³/mol. The predicted octanol–water partition coefficient (Wildman–Crippen LogP) is 6.67. The molecular weight excluding hydrogens is 563 g/mol. The van der Waals surface area contributed by atoms with Crippen molar-refractivity contribution in [3.05, 3.63) is 95.1 Å². The molecule has 0 spiro atoms. The summed E-state index contributed by atoms with van der Waals surface area (Å²) in [4.78, 5) is 23.9. The number of nitrogens with two attached hydrogens (primary N) is 2. The molecule has 3 aromatic carbocycles. The maximum absolute atomic E-state index is 14.6. The third-order valence-corrected chi connectivity index (χ3v) is 5.78. The topological polar surface area (TPSA) is 114 Å². The molecule has 0 unspecified atom stereocenters. The van der Waals surface area contributed by atoms with Crippen molar-refractivity contribution in [2.75, 3.05) is 24.7 Å². The van der Waals surface area contributed by atoms with Crippen LogP contribution in [-0.4, -0.2) is 31.3 Å². The summed E-state index contributed by atoms with van der Waals surface area (Å²) >= 11 is 0. The number of unbranched alkanes of at least 4 members (excludes halogenated alkanes) is 1. The Morgan fingerprint density at radius 3 is 2.02 bits per heavy atom. The van der Waals surface area contributed by atoms with Gasteiger partial charge in [0.05, 0.1) is 11.1 Å². The van der Waals surface area contributed by atoms with Crippen LogP contribution in [0.3, 0.4) is 0 Å². The van der Waals surface area contributed by atoms with Crippen molar-refractivity contribution in [2.24, 2.45) is 0 Å². The van der Waals surface area contributed by atoms with Crippen LogP contribution in [0.2, 0.25) is 0 Å². The summed E-state index contributed by atoms with van der Waals surface area (Å²) in [5, 5.41) is 0. The molecule has 0 aliphatic heterocycles. The molecule has 224 valence electrons. The Labute approximate surface area is 238 Å². The molecule has 0 atom stereocenters. The maximum atomic E-state index is 14.6. The standard InChI is InChI=1S/C30H29F5N2O5/c31-29(32,33)14-2-1-3-20-4-9-23(10-5-20)30(34,35)42-26-11-6-21(7-12-26)8-13-27(38)40-15-16-41-28(39)22-17-24(36)19-25(37)18-22/h4-13,17-19H,1-3,14-16,36-37H2. The van der Waals surface area contributed by atoms with Crippen molar-refractivity contribution in [1.29, 1.82) is 0 Å². The Morgan fingerprint density at radius 1 is 0.786 bits per heavy atom. The van der Waals surface area contributed by atoms with E-state index in [1.54, 1.807) is 0 Å². The second-order valence-corrected chi connectivity index (χ2v) is 9.23. The molecule has 3 aromatic rings. The van der Waals surface area contributed by atoms with Crippen molar-refractivity contribution in [3.8, 4) is 5.75 Å². The van der Waals surface area contributed by atoms with Crippen LogP contribution in [0.5, 0.6) is 5.75 Å². The number of alkyl halides is 5. The Hall–Kier alpha value is -4.61. The van der Waals surface area contributed by atoms with Crippen LogP contribution in [0.4, 0.5) is 33.3 Å². The van der Waals surface area contributed by atoms with E-state index in [2.05, 4.69) is 0 Å². The Balaban J connectivity index is 1.42. The summed E-state index contributed by atoms with van der Waals surface area (Å²) in [5.41, 5.74) is 12.8. The Bertz CT molecular complexity index is 1350. The summed E-state index contributed by atoms with van der Waals surface area (Å²) in [6.45, 7) is -0.397. The van der Waals surface area contributed by atoms with Gasteiger partial charge in [0.2, 0.25) is 0 Å². The highest BCUT2D eigenvalue weighted by atomic mass is 19.4. The first-order chi connectivity index (χ1) is 19.8. The summed E-state index contributed by atoms with van der Waals surface area (Å²) in [6.07, 6.45) is -5.61. The highest BCUT2D eigenvalue weighted by Gasteiger charge is 2.34. The molecule has 0 saturated heterocycles. The molecule has 0 amide bonds. The normalized spacial score (nSPS) is 11.8. The Morgan fingerprint density at radius 2 is 1.40 bits per heavy atom. The zero-order chi connectivity index (χ0) is 30.8. The zero-order valence-electron chi connectivity index (χ0n) is 22.3. The molecule has 42 heavy (non-hydrogen) atoms. The minimum atomic E-state index is -4.21. The van der Waals surface area contributed by atoms with Crippen LogP contribution < -0.4 is 16.2 Å². The number of hydrogen-bond donors (Lipinski definition) is 2. The molecule has 0 bridgehead atoms. The molecule has 0 heterocycles. The third kappa shape index (κ3) is 10.8. The van der Waals surface area contributed by atoms with Gasteiger partial charge in [0.25, 0.3) is 0 Å². The van der Waals surface area contributed by atoms with Gasteiger partial charge in [-0.15, -0.1) is 0 Å². The number of halogens is 5. The first kappa shape index (κ1) is 31.9. The highest BCUT2D eigenvalue weighted by Crippen LogP contribution is 2.32. The number of carbonyl (C=O) groups is 2. The van der Waals surface area contributed by atoms with Gasteiger partial charge in [-0.1, -0.05) is 24.3 Å². The largest absolute Gasteiger partial charge is 0.459 e. The summed E-state index contributed by atoms with van der Waals surface area (Å²) in [5.74, 6) is -1.52. The Kier molecular flexibility index (Phi) is 10.9. The molecule has 0 fully saturated rings. The van der Waals surface area contributed by atoms with E-state index in [9.17, 15) is 31.5 Å². The number of hydrogen-bond acceptors (Lipinski definition) is 7. The lowest BCUT2D eigenvalue weighted by molar-refractivity contribution is -0.185. The van der Waals surface area contributed by atoms with E-state index in [0.717, 1.165) is 6.08 Å². The molecule has 12 heteroatoms. The first-order valence-electron chi connectivity index (χ1n) is 12.8. The van der Waals surface area contributed by atoms with E-state index in [-0.39, 0.29) is 30.9 Å². The number of ether oxygens (including phenoxy) is 3. The fourth-order valence-electron chi connectivity index (χ4n) is 3.74. The average molecular weight is 593 g/mol. The maximum Gasteiger partial charge on any atom is 0.426 e. The molecule has 4 N–H and O–H groups in total. The van der Waals surface area contributed by atoms with Crippen molar-refractivity contribution < 1.29 is 45.8 Å². The van der Waals surface area contributed by atoms with Gasteiger partial charge in [-0.25, -0.2) is 9.59 Å². The number of nitrogen functional groups attached to an aromatic ring is 2. The minimum Gasteiger partial charge on any atom is -0.459 e. The first-order valence-corrected chi connectivity index (χ1v) is 12.8. The molecule has 0 saturated carbocycles. The molecule has 3 rings (SSSR count). The van der Waals surface area contributed by atoms with Gasteiger partial charge in [0.1, 0.15) is 19.0 Å². The number of anilines is 2. The molecule has 0 aliphatic rings. The number of rotatable bonds is 13. The van der Waals surface area contributed by atoms with Crippen LogP contribution >= 0.6 is 0 Å². The average Bonchev–Trinajstić information content (AvgIpc) is 2.92. The van der Waals surface area contributed by atoms with Gasteiger partial charge in [0.15, 0.2) is 0 Å². The van der Waals surface area contributed by atoms with Crippen molar-refractivity contribution in [3.63, 3.8) is 0 Å². The van der Waals surface area contributed by atoms with Gasteiger partial charge in [-0.2, -0.15) is 22.0 Å². The van der Waals surface area contributed by atoms with Crippen molar-refractivity contribution in [2.45, 2.75) is 38.0 Å². The van der Waals surface area contributed by atoms with E-state index < -0.39 is 36.2 Å². The lowest BCUT2D eigenvalue weighted by atomic mass is 10.0. The van der Waals surface area contributed by atoms with Crippen LogP contribution in [0.1, 0.15) is 46.3 Å².